The number of halogens is 3. The number of methoxy groups -OCH3 is 1. The molecule has 1 aliphatic rings. The molecule has 1 amide bonds. The SMILES string of the molecule is COc1ccc(NC(=O)c2ccc(C(F)(F)F)cc2)cc1OC1CCCC1. The van der Waals surface area contributed by atoms with Gasteiger partial charge in [0.1, 0.15) is 0 Å². The number of nitrogens with one attached hydrogen (secondary N) is 1. The summed E-state index contributed by atoms with van der Waals surface area (Å²) in [6.45, 7) is 0. The van der Waals surface area contributed by atoms with Crippen LogP contribution in [0, 0.1) is 0 Å². The zero-order chi connectivity index (χ0) is 19.4. The smallest absolute Gasteiger partial charge is 0.416 e. The van der Waals surface area contributed by atoms with Crippen molar-refractivity contribution in [3.8, 4) is 11.5 Å². The summed E-state index contributed by atoms with van der Waals surface area (Å²) in [5.41, 5.74) is -0.179. The second-order valence-electron chi connectivity index (χ2n) is 6.42. The highest BCUT2D eigenvalue weighted by atomic mass is 19.4. The summed E-state index contributed by atoms with van der Waals surface area (Å²) in [7, 11) is 1.54. The molecule has 7 heteroatoms. The van der Waals surface area contributed by atoms with Gasteiger partial charge in [0.05, 0.1) is 18.8 Å². The molecule has 0 aliphatic heterocycles. The molecule has 4 nitrogen and oxygen atoms in total. The molecule has 0 saturated heterocycles. The average molecular weight is 379 g/mol. The van der Waals surface area contributed by atoms with E-state index in [2.05, 4.69) is 5.32 Å². The largest absolute Gasteiger partial charge is 0.493 e. The third kappa shape index (κ3) is 4.72. The van der Waals surface area contributed by atoms with Crippen molar-refractivity contribution < 1.29 is 27.4 Å². The molecule has 0 heterocycles. The molecule has 0 atom stereocenters. The molecule has 1 saturated carbocycles. The van der Waals surface area contributed by atoms with Crippen molar-refractivity contribution in [2.24, 2.45) is 0 Å². The molecule has 2 aromatic carbocycles. The summed E-state index contributed by atoms with van der Waals surface area (Å²) in [6.07, 6.45) is -0.109. The number of carbonyl (C=O) groups excluding carboxylic acids is 1. The molecule has 1 aliphatic carbocycles. The minimum absolute atomic E-state index is 0.125. The first-order valence-electron chi connectivity index (χ1n) is 8.70. The van der Waals surface area contributed by atoms with Gasteiger partial charge >= 0.3 is 6.18 Å². The first kappa shape index (κ1) is 19.1. The maximum atomic E-state index is 12.6. The highest BCUT2D eigenvalue weighted by Crippen LogP contribution is 2.34. The Morgan fingerprint density at radius 3 is 2.30 bits per heavy atom. The zero-order valence-corrected chi connectivity index (χ0v) is 14.8. The summed E-state index contributed by atoms with van der Waals surface area (Å²) in [4.78, 5) is 12.3. The molecule has 144 valence electrons. The molecule has 0 radical (unpaired) electrons. The van der Waals surface area contributed by atoms with Crippen LogP contribution in [0.15, 0.2) is 42.5 Å². The van der Waals surface area contributed by atoms with E-state index in [1.165, 1.54) is 7.11 Å². The highest BCUT2D eigenvalue weighted by molar-refractivity contribution is 6.04. The number of ether oxygens (including phenoxy) is 2. The van der Waals surface area contributed by atoms with E-state index in [9.17, 15) is 18.0 Å². The van der Waals surface area contributed by atoms with Gasteiger partial charge in [-0.05, 0) is 62.1 Å². The number of carbonyl (C=O) groups is 1. The lowest BCUT2D eigenvalue weighted by molar-refractivity contribution is -0.137. The fourth-order valence-corrected chi connectivity index (χ4v) is 3.05. The Balaban J connectivity index is 1.73. The first-order chi connectivity index (χ1) is 12.9. The predicted molar refractivity (Wildman–Crippen MR) is 95.3 cm³/mol. The molecule has 0 spiro atoms. The van der Waals surface area contributed by atoms with Crippen LogP contribution >= 0.6 is 0 Å². The summed E-state index contributed by atoms with van der Waals surface area (Å²) in [6, 6.07) is 9.08. The van der Waals surface area contributed by atoms with Gasteiger partial charge in [-0.2, -0.15) is 13.2 Å². The van der Waals surface area contributed by atoms with E-state index in [4.69, 9.17) is 9.47 Å². The standard InChI is InChI=1S/C20H20F3NO3/c1-26-17-11-10-15(12-18(17)27-16-4-2-3-5-16)24-19(25)13-6-8-14(9-7-13)20(21,22)23/h6-12,16H,2-5H2,1H3,(H,24,25). The third-order valence-corrected chi connectivity index (χ3v) is 4.49. The van der Waals surface area contributed by atoms with Crippen LogP contribution in [-0.4, -0.2) is 19.1 Å². The number of alkyl halides is 3. The molecule has 3 rings (SSSR count). The first-order valence-corrected chi connectivity index (χ1v) is 8.70. The summed E-state index contributed by atoms with van der Waals surface area (Å²) in [5.74, 6) is 0.602. The van der Waals surface area contributed by atoms with Gasteiger partial charge in [-0.15, -0.1) is 0 Å². The van der Waals surface area contributed by atoms with Crippen LogP contribution in [0.4, 0.5) is 18.9 Å². The van der Waals surface area contributed by atoms with Gasteiger partial charge in [0.2, 0.25) is 0 Å². The van der Waals surface area contributed by atoms with Gasteiger partial charge in [-0.25, -0.2) is 0 Å². The van der Waals surface area contributed by atoms with Crippen LogP contribution < -0.4 is 14.8 Å². The number of benzene rings is 2. The molecule has 1 N–H and O–H groups in total. The van der Waals surface area contributed by atoms with Crippen molar-refractivity contribution in [2.45, 2.75) is 38.0 Å². The van der Waals surface area contributed by atoms with E-state index in [0.29, 0.717) is 17.2 Å². The molecular formula is C20H20F3NO3. The number of rotatable bonds is 5. The van der Waals surface area contributed by atoms with E-state index in [0.717, 1.165) is 49.9 Å². The van der Waals surface area contributed by atoms with E-state index in [1.54, 1.807) is 18.2 Å². The Kier molecular flexibility index (Phi) is 5.58. The van der Waals surface area contributed by atoms with Crippen LogP contribution in [0.3, 0.4) is 0 Å². The molecular weight excluding hydrogens is 359 g/mol. The maximum Gasteiger partial charge on any atom is 0.416 e. The van der Waals surface area contributed by atoms with Gasteiger partial charge in [-0.3, -0.25) is 4.79 Å². The molecule has 1 fully saturated rings. The van der Waals surface area contributed by atoms with Crippen LogP contribution in [-0.2, 0) is 6.18 Å². The molecule has 2 aromatic rings. The predicted octanol–water partition coefficient (Wildman–Crippen LogP) is 5.29. The van der Waals surface area contributed by atoms with Crippen molar-refractivity contribution in [2.75, 3.05) is 12.4 Å². The van der Waals surface area contributed by atoms with E-state index in [1.807, 2.05) is 0 Å². The fraction of sp³-hybridized carbons (Fsp3) is 0.350. The van der Waals surface area contributed by atoms with Crippen molar-refractivity contribution in [3.63, 3.8) is 0 Å². The van der Waals surface area contributed by atoms with Crippen molar-refractivity contribution in [3.05, 3.63) is 53.6 Å². The van der Waals surface area contributed by atoms with Gasteiger partial charge in [0.15, 0.2) is 11.5 Å². The Labute approximate surface area is 155 Å². The Morgan fingerprint density at radius 2 is 1.70 bits per heavy atom. The molecule has 0 bridgehead atoms. The second-order valence-corrected chi connectivity index (χ2v) is 6.42. The van der Waals surface area contributed by atoms with Gasteiger partial charge in [-0.1, -0.05) is 0 Å². The number of hydrogen-bond acceptors (Lipinski definition) is 3. The normalized spacial score (nSPS) is 14.8. The highest BCUT2D eigenvalue weighted by Gasteiger charge is 2.30. The van der Waals surface area contributed by atoms with E-state index in [-0.39, 0.29) is 11.7 Å². The van der Waals surface area contributed by atoms with Crippen LogP contribution in [0.2, 0.25) is 0 Å². The quantitative estimate of drug-likeness (QED) is 0.768. The lowest BCUT2D eigenvalue weighted by atomic mass is 10.1. The van der Waals surface area contributed by atoms with Crippen LogP contribution in [0.5, 0.6) is 11.5 Å². The van der Waals surface area contributed by atoms with Crippen molar-refractivity contribution in [1.29, 1.82) is 0 Å². The lowest BCUT2D eigenvalue weighted by Crippen LogP contribution is -2.14. The van der Waals surface area contributed by atoms with Gasteiger partial charge in [0.25, 0.3) is 5.91 Å². The second kappa shape index (κ2) is 7.90. The zero-order valence-electron chi connectivity index (χ0n) is 14.8. The monoisotopic (exact) mass is 379 g/mol. The minimum Gasteiger partial charge on any atom is -0.493 e. The number of amides is 1. The van der Waals surface area contributed by atoms with Crippen molar-refractivity contribution in [1.82, 2.24) is 0 Å². The average Bonchev–Trinajstić information content (AvgIpc) is 3.14. The Morgan fingerprint density at radius 1 is 1.04 bits per heavy atom. The summed E-state index contributed by atoms with van der Waals surface area (Å²) >= 11 is 0. The summed E-state index contributed by atoms with van der Waals surface area (Å²) in [5, 5.41) is 2.68. The topological polar surface area (TPSA) is 47.6 Å². The number of anilines is 1. The van der Waals surface area contributed by atoms with Crippen molar-refractivity contribution >= 4 is 11.6 Å². The molecule has 0 aromatic heterocycles. The van der Waals surface area contributed by atoms with Gasteiger partial charge in [0, 0.05) is 17.3 Å². The van der Waals surface area contributed by atoms with E-state index < -0.39 is 17.6 Å². The summed E-state index contributed by atoms with van der Waals surface area (Å²) < 4.78 is 49.2. The molecule has 0 unspecified atom stereocenters. The van der Waals surface area contributed by atoms with Gasteiger partial charge < -0.3 is 14.8 Å². The fourth-order valence-electron chi connectivity index (χ4n) is 3.05. The van der Waals surface area contributed by atoms with Crippen LogP contribution in [0.1, 0.15) is 41.6 Å². The van der Waals surface area contributed by atoms with Crippen LogP contribution in [0.25, 0.3) is 0 Å². The Bertz CT molecular complexity index is 797. The number of hydrogen-bond donors (Lipinski definition) is 1. The maximum absolute atomic E-state index is 12.6. The third-order valence-electron chi connectivity index (χ3n) is 4.49. The minimum atomic E-state index is -4.43. The lowest BCUT2D eigenvalue weighted by Gasteiger charge is -2.17. The molecule has 27 heavy (non-hydrogen) atoms. The Hall–Kier alpha value is -2.70. The van der Waals surface area contributed by atoms with E-state index >= 15 is 0 Å².